The summed E-state index contributed by atoms with van der Waals surface area (Å²) in [6.45, 7) is 29.5. The minimum absolute atomic E-state index is 0.316. The fourth-order valence-corrected chi connectivity index (χ4v) is 11.0. The zero-order valence-electron chi connectivity index (χ0n) is 36.5. The number of benzene rings is 2. The average molecular weight is 945 g/mol. The molecular formula is C46H70AlIO3S2Si2. The van der Waals surface area contributed by atoms with Crippen molar-refractivity contribution in [1.82, 2.24) is 0 Å². The summed E-state index contributed by atoms with van der Waals surface area (Å²) in [4.78, 5) is 5.25. The zero-order valence-corrected chi connectivity index (χ0v) is 43.7. The Hall–Kier alpha value is -1.60. The van der Waals surface area contributed by atoms with E-state index in [1.807, 2.05) is 47.7 Å². The molecule has 0 unspecified atom stereocenters. The van der Waals surface area contributed by atoms with E-state index in [1.165, 1.54) is 57.2 Å². The Morgan fingerprint density at radius 1 is 0.745 bits per heavy atom. The van der Waals surface area contributed by atoms with Gasteiger partial charge in [-0.2, -0.15) is 0 Å². The normalized spacial score (nSPS) is 12.3. The SMILES string of the molecule is C1CCOC1.CC(C)[CH2][AlH][CH2]C(C)C.COc1ccc(/C(=C/c2ccc(C)s2)[Si](C)(C)C)cc1.COc1ccc(I)cc1.Cc1ccc(C#C[Si](C)(C)C)s1. The van der Waals surface area contributed by atoms with Gasteiger partial charge in [0.05, 0.1) is 27.2 Å². The van der Waals surface area contributed by atoms with Crippen LogP contribution < -0.4 is 9.47 Å². The van der Waals surface area contributed by atoms with Crippen LogP contribution in [0, 0.1) is 40.7 Å². The van der Waals surface area contributed by atoms with Crippen LogP contribution in [0.2, 0.25) is 49.8 Å². The first-order chi connectivity index (χ1) is 25.8. The molecule has 0 spiro atoms. The molecule has 0 atom stereocenters. The lowest BCUT2D eigenvalue weighted by Gasteiger charge is -2.21. The molecule has 2 aromatic heterocycles. The van der Waals surface area contributed by atoms with Gasteiger partial charge in [0, 0.05) is 31.4 Å². The molecule has 0 radical (unpaired) electrons. The molecule has 4 aromatic rings. The van der Waals surface area contributed by atoms with E-state index in [0.717, 1.165) is 36.5 Å². The molecule has 1 aliphatic heterocycles. The summed E-state index contributed by atoms with van der Waals surface area (Å²) >= 11 is 6.21. The van der Waals surface area contributed by atoms with Gasteiger partial charge in [0.25, 0.3) is 0 Å². The molecule has 3 nitrogen and oxygen atoms in total. The fourth-order valence-electron chi connectivity index (χ4n) is 4.94. The van der Waals surface area contributed by atoms with Crippen molar-refractivity contribution in [3.8, 4) is 23.0 Å². The number of ether oxygens (including phenoxy) is 3. The largest absolute Gasteiger partial charge is 0.497 e. The van der Waals surface area contributed by atoms with Crippen molar-refractivity contribution < 1.29 is 14.2 Å². The van der Waals surface area contributed by atoms with Gasteiger partial charge in [-0.3, -0.25) is 0 Å². The molecule has 55 heavy (non-hydrogen) atoms. The van der Waals surface area contributed by atoms with Crippen LogP contribution in [0.25, 0.3) is 11.3 Å². The fraction of sp³-hybridized carbons (Fsp3) is 0.478. The van der Waals surface area contributed by atoms with Crippen LogP contribution in [0.5, 0.6) is 11.5 Å². The number of aryl methyl sites for hydroxylation is 2. The molecule has 0 saturated carbocycles. The second-order valence-electron chi connectivity index (χ2n) is 16.6. The Bertz CT molecular complexity index is 1670. The van der Waals surface area contributed by atoms with E-state index in [9.17, 15) is 0 Å². The van der Waals surface area contributed by atoms with Crippen LogP contribution in [0.3, 0.4) is 0 Å². The summed E-state index contributed by atoms with van der Waals surface area (Å²) in [6, 6.07) is 25.0. The Morgan fingerprint density at radius 3 is 1.60 bits per heavy atom. The van der Waals surface area contributed by atoms with Crippen molar-refractivity contribution in [2.24, 2.45) is 11.8 Å². The smallest absolute Gasteiger partial charge is 0.237 e. The first kappa shape index (κ1) is 51.4. The van der Waals surface area contributed by atoms with Gasteiger partial charge in [0.15, 0.2) is 0 Å². The van der Waals surface area contributed by atoms with Gasteiger partial charge in [-0.25, -0.2) is 0 Å². The number of hydrogen-bond acceptors (Lipinski definition) is 5. The molecule has 1 saturated heterocycles. The highest BCUT2D eigenvalue weighted by Crippen LogP contribution is 2.31. The molecular weight excluding hydrogens is 875 g/mol. The van der Waals surface area contributed by atoms with Crippen molar-refractivity contribution in [3.63, 3.8) is 0 Å². The molecule has 1 fully saturated rings. The lowest BCUT2D eigenvalue weighted by Crippen LogP contribution is -2.22. The van der Waals surface area contributed by atoms with Crippen LogP contribution in [-0.4, -0.2) is 58.8 Å². The van der Waals surface area contributed by atoms with Gasteiger partial charge >= 0.3 is 0 Å². The van der Waals surface area contributed by atoms with E-state index >= 15 is 0 Å². The second kappa shape index (κ2) is 27.9. The summed E-state index contributed by atoms with van der Waals surface area (Å²) in [6.07, 6.45) is 4.92. The van der Waals surface area contributed by atoms with Crippen molar-refractivity contribution in [1.29, 1.82) is 0 Å². The summed E-state index contributed by atoms with van der Waals surface area (Å²) in [5.41, 5.74) is 4.67. The van der Waals surface area contributed by atoms with Gasteiger partial charge < -0.3 is 14.2 Å². The first-order valence-corrected chi connectivity index (χ1v) is 31.4. The van der Waals surface area contributed by atoms with Crippen molar-refractivity contribution >= 4 is 87.9 Å². The lowest BCUT2D eigenvalue weighted by molar-refractivity contribution is 0.198. The topological polar surface area (TPSA) is 27.7 Å². The quantitative estimate of drug-likeness (QED) is 0.0951. The minimum atomic E-state index is -1.40. The minimum Gasteiger partial charge on any atom is -0.497 e. The Kier molecular flexibility index (Phi) is 26.1. The number of thiophene rings is 2. The van der Waals surface area contributed by atoms with Crippen molar-refractivity contribution in [2.45, 2.75) is 104 Å². The molecule has 9 heteroatoms. The highest BCUT2D eigenvalue weighted by atomic mass is 127. The monoisotopic (exact) mass is 944 g/mol. The van der Waals surface area contributed by atoms with Crippen molar-refractivity contribution in [3.05, 3.63) is 101 Å². The maximum Gasteiger partial charge on any atom is 0.237 e. The van der Waals surface area contributed by atoms with Gasteiger partial charge in [-0.1, -0.05) is 113 Å². The standard InChI is InChI=1S/C17H22OSSi.C10H14SSi.C7H7IO.C4H8O.2C4H9.Al.H/c1-13-6-11-16(19-13)12-17(20(3,4)5)14-7-9-15(18-2)10-8-14;1-9-5-6-10(11-9)7-8-12(2,3)4;1-9-7-4-2-6(8)3-5-7;1-2-4-5-3-1;2*1-4(2)3;;/h6-12H,1-5H3;5-6H,1-4H3;2-5H,1H3;1-4H2;2*4H,1H2,2-3H3;;/b17-12-;;;;;;;. The number of methoxy groups -OCH3 is 2. The number of rotatable bonds is 9. The van der Waals surface area contributed by atoms with Gasteiger partial charge in [0.2, 0.25) is 15.2 Å². The summed E-state index contributed by atoms with van der Waals surface area (Å²) in [5, 5.41) is 4.57. The molecule has 2 aromatic carbocycles. The van der Waals surface area contributed by atoms with E-state index in [1.54, 1.807) is 25.6 Å². The third-order valence-corrected chi connectivity index (χ3v) is 16.6. The molecule has 0 aliphatic carbocycles. The second-order valence-corrected chi connectivity index (χ2v) is 32.1. The molecule has 5 rings (SSSR count). The zero-order chi connectivity index (χ0) is 41.4. The van der Waals surface area contributed by atoms with E-state index in [2.05, 4.69) is 157 Å². The maximum atomic E-state index is 5.25. The molecule has 0 bridgehead atoms. The average Bonchev–Trinajstić information content (AvgIpc) is 3.92. The van der Waals surface area contributed by atoms with Crippen LogP contribution in [0.1, 0.15) is 65.6 Å². The van der Waals surface area contributed by atoms with E-state index in [0.29, 0.717) is 15.2 Å². The molecule has 0 amide bonds. The third-order valence-electron chi connectivity index (χ3n) is 8.00. The molecule has 0 N–H and O–H groups in total. The van der Waals surface area contributed by atoms with Gasteiger partial charge in [0.1, 0.15) is 19.6 Å². The molecule has 302 valence electrons. The van der Waals surface area contributed by atoms with Crippen LogP contribution in [0.15, 0.2) is 72.8 Å². The predicted octanol–water partition coefficient (Wildman–Crippen LogP) is 14.4. The first-order valence-electron chi connectivity index (χ1n) is 19.7. The van der Waals surface area contributed by atoms with Crippen LogP contribution in [0.4, 0.5) is 0 Å². The van der Waals surface area contributed by atoms with Crippen LogP contribution in [-0.2, 0) is 4.74 Å². The van der Waals surface area contributed by atoms with Crippen LogP contribution >= 0.6 is 45.3 Å². The third kappa shape index (κ3) is 26.1. The maximum absolute atomic E-state index is 5.25. The molecule has 3 heterocycles. The van der Waals surface area contributed by atoms with E-state index in [4.69, 9.17) is 14.2 Å². The van der Waals surface area contributed by atoms with Gasteiger partial charge in [-0.15, -0.1) is 28.2 Å². The highest BCUT2D eigenvalue weighted by Gasteiger charge is 2.21. The summed E-state index contributed by atoms with van der Waals surface area (Å²) in [7, 11) is 0.789. The van der Waals surface area contributed by atoms with E-state index < -0.39 is 16.1 Å². The summed E-state index contributed by atoms with van der Waals surface area (Å²) in [5.74, 6) is 6.97. The number of halogens is 1. The Morgan fingerprint density at radius 2 is 1.24 bits per heavy atom. The molecule has 1 aliphatic rings. The Labute approximate surface area is 367 Å². The Balaban J connectivity index is 0.000000371. The highest BCUT2D eigenvalue weighted by molar-refractivity contribution is 14.1. The number of hydrogen-bond donors (Lipinski definition) is 0. The van der Waals surface area contributed by atoms with Gasteiger partial charge in [-0.05, 0) is 122 Å². The lowest BCUT2D eigenvalue weighted by atomic mass is 10.2. The van der Waals surface area contributed by atoms with Crippen molar-refractivity contribution in [2.75, 3.05) is 27.4 Å². The predicted molar refractivity (Wildman–Crippen MR) is 265 cm³/mol. The van der Waals surface area contributed by atoms with E-state index in [-0.39, 0.29) is 0 Å². The summed E-state index contributed by atoms with van der Waals surface area (Å²) < 4.78 is 16.4.